The number of alkyl halides is 3. The molecule has 0 spiro atoms. The van der Waals surface area contributed by atoms with Gasteiger partial charge in [-0.2, -0.15) is 13.2 Å². The van der Waals surface area contributed by atoms with Gasteiger partial charge in [-0.1, -0.05) is 38.1 Å². The number of rotatable bonds is 12. The second kappa shape index (κ2) is 14.5. The number of aryl methyl sites for hydroxylation is 1. The molecule has 1 aliphatic rings. The Hall–Kier alpha value is -3.11. The molecular formula is C30H37F3O7. The van der Waals surface area contributed by atoms with Gasteiger partial charge in [0.25, 0.3) is 0 Å². The van der Waals surface area contributed by atoms with Gasteiger partial charge in [0.15, 0.2) is 12.4 Å². The summed E-state index contributed by atoms with van der Waals surface area (Å²) >= 11 is 0. The Kier molecular flexibility index (Phi) is 11.4. The topological polar surface area (TPSA) is 80.3 Å². The average Bonchev–Trinajstić information content (AvgIpc) is 2.90. The first-order valence-corrected chi connectivity index (χ1v) is 13.5. The van der Waals surface area contributed by atoms with Crippen LogP contribution in [0.1, 0.15) is 63.6 Å². The SMILES string of the molecule is CCC1OC(OCCCCc2ccc(OCc3cccc(C(F)(F)F)c3)cc2)C(OC(C)=O)C(OC(C)=O)C1C. The third kappa shape index (κ3) is 9.23. The highest BCUT2D eigenvalue weighted by molar-refractivity contribution is 5.67. The smallest absolute Gasteiger partial charge is 0.416 e. The zero-order valence-electron chi connectivity index (χ0n) is 23.2. The first-order chi connectivity index (χ1) is 19.0. The normalized spacial score (nSPS) is 22.9. The Morgan fingerprint density at radius 2 is 1.60 bits per heavy atom. The van der Waals surface area contributed by atoms with Crippen molar-refractivity contribution in [1.82, 2.24) is 0 Å². The van der Waals surface area contributed by atoms with Crippen molar-refractivity contribution in [3.05, 3.63) is 65.2 Å². The molecule has 10 heteroatoms. The highest BCUT2D eigenvalue weighted by Crippen LogP contribution is 2.33. The van der Waals surface area contributed by atoms with Crippen LogP contribution in [0.15, 0.2) is 48.5 Å². The van der Waals surface area contributed by atoms with Crippen molar-refractivity contribution >= 4 is 11.9 Å². The second-order valence-electron chi connectivity index (χ2n) is 9.92. The minimum absolute atomic E-state index is 0.0359. The van der Waals surface area contributed by atoms with Gasteiger partial charge in [0.05, 0.1) is 11.7 Å². The van der Waals surface area contributed by atoms with Crippen molar-refractivity contribution in [2.75, 3.05) is 6.61 Å². The lowest BCUT2D eigenvalue weighted by Crippen LogP contribution is -2.57. The van der Waals surface area contributed by atoms with Crippen LogP contribution in [-0.4, -0.2) is 43.1 Å². The molecule has 40 heavy (non-hydrogen) atoms. The standard InChI is InChI=1S/C30H37F3O7/c1-5-26-19(2)27(38-20(3)34)28(39-21(4)35)29(40-26)36-16-7-6-9-22-12-14-25(15-13-22)37-18-23-10-8-11-24(17-23)30(31,32)33/h8,10-15,17,19,26-29H,5-7,9,16,18H2,1-4H3. The van der Waals surface area contributed by atoms with Crippen LogP contribution in [-0.2, 0) is 47.7 Å². The van der Waals surface area contributed by atoms with Crippen molar-refractivity contribution < 1.29 is 46.4 Å². The number of ether oxygens (including phenoxy) is 5. The number of esters is 2. The largest absolute Gasteiger partial charge is 0.489 e. The van der Waals surface area contributed by atoms with Gasteiger partial charge < -0.3 is 23.7 Å². The molecule has 1 heterocycles. The number of carbonyl (C=O) groups excluding carboxylic acids is 2. The van der Waals surface area contributed by atoms with Gasteiger partial charge in [-0.3, -0.25) is 9.59 Å². The van der Waals surface area contributed by atoms with E-state index in [1.54, 1.807) is 18.2 Å². The van der Waals surface area contributed by atoms with Crippen LogP contribution in [0.25, 0.3) is 0 Å². The fourth-order valence-corrected chi connectivity index (χ4v) is 4.71. The fourth-order valence-electron chi connectivity index (χ4n) is 4.71. The van der Waals surface area contributed by atoms with Gasteiger partial charge in [0, 0.05) is 26.4 Å². The molecule has 1 fully saturated rings. The molecule has 0 aliphatic carbocycles. The molecule has 0 amide bonds. The van der Waals surface area contributed by atoms with Gasteiger partial charge in [0.2, 0.25) is 0 Å². The molecule has 0 aromatic heterocycles. The van der Waals surface area contributed by atoms with Gasteiger partial charge in [-0.05, 0) is 61.1 Å². The van der Waals surface area contributed by atoms with Crippen LogP contribution in [0.5, 0.6) is 5.75 Å². The summed E-state index contributed by atoms with van der Waals surface area (Å²) in [6, 6.07) is 12.5. The first kappa shape index (κ1) is 31.4. The van der Waals surface area contributed by atoms with E-state index in [1.807, 2.05) is 26.0 Å². The van der Waals surface area contributed by atoms with E-state index in [-0.39, 0.29) is 18.6 Å². The zero-order chi connectivity index (χ0) is 29.3. The molecule has 2 aromatic rings. The van der Waals surface area contributed by atoms with Crippen LogP contribution in [0.3, 0.4) is 0 Å². The maximum atomic E-state index is 12.9. The third-order valence-electron chi connectivity index (χ3n) is 6.74. The van der Waals surface area contributed by atoms with Gasteiger partial charge in [0.1, 0.15) is 18.5 Å². The number of hydrogen-bond acceptors (Lipinski definition) is 7. The Morgan fingerprint density at radius 3 is 2.23 bits per heavy atom. The molecule has 0 bridgehead atoms. The van der Waals surface area contributed by atoms with Crippen molar-refractivity contribution in [2.24, 2.45) is 5.92 Å². The number of halogens is 3. The quantitative estimate of drug-likeness (QED) is 0.222. The lowest BCUT2D eigenvalue weighted by molar-refractivity contribution is -0.290. The average molecular weight is 567 g/mol. The summed E-state index contributed by atoms with van der Waals surface area (Å²) in [5, 5.41) is 0. The van der Waals surface area contributed by atoms with E-state index < -0.39 is 42.2 Å². The minimum Gasteiger partial charge on any atom is -0.489 e. The summed E-state index contributed by atoms with van der Waals surface area (Å²) in [4.78, 5) is 23.4. The summed E-state index contributed by atoms with van der Waals surface area (Å²) in [7, 11) is 0. The summed E-state index contributed by atoms with van der Waals surface area (Å²) in [6.07, 6.45) is -3.98. The van der Waals surface area contributed by atoms with Gasteiger partial charge in [-0.15, -0.1) is 0 Å². The molecule has 0 saturated carbocycles. The van der Waals surface area contributed by atoms with E-state index in [0.29, 0.717) is 30.8 Å². The molecule has 1 saturated heterocycles. The highest BCUT2D eigenvalue weighted by atomic mass is 19.4. The van der Waals surface area contributed by atoms with Crippen LogP contribution in [0.2, 0.25) is 0 Å². The summed E-state index contributed by atoms with van der Waals surface area (Å²) in [5.41, 5.74) is 0.817. The third-order valence-corrected chi connectivity index (χ3v) is 6.74. The molecule has 0 radical (unpaired) electrons. The van der Waals surface area contributed by atoms with Crippen LogP contribution in [0.4, 0.5) is 13.2 Å². The van der Waals surface area contributed by atoms with Crippen molar-refractivity contribution in [3.8, 4) is 5.75 Å². The Labute approximate surface area is 232 Å². The Morgan fingerprint density at radius 1 is 0.925 bits per heavy atom. The van der Waals surface area contributed by atoms with Crippen molar-refractivity contribution in [2.45, 2.75) is 90.8 Å². The maximum absolute atomic E-state index is 12.9. The Balaban J connectivity index is 1.46. The van der Waals surface area contributed by atoms with E-state index in [1.165, 1.54) is 19.9 Å². The van der Waals surface area contributed by atoms with E-state index >= 15 is 0 Å². The molecule has 1 aliphatic heterocycles. The predicted octanol–water partition coefficient (Wildman–Crippen LogP) is 6.26. The molecule has 7 nitrogen and oxygen atoms in total. The van der Waals surface area contributed by atoms with E-state index in [9.17, 15) is 22.8 Å². The summed E-state index contributed by atoms with van der Waals surface area (Å²) in [6.45, 7) is 6.87. The van der Waals surface area contributed by atoms with Crippen LogP contribution in [0, 0.1) is 5.92 Å². The fraction of sp³-hybridized carbons (Fsp3) is 0.533. The lowest BCUT2D eigenvalue weighted by atomic mass is 9.89. The maximum Gasteiger partial charge on any atom is 0.416 e. The minimum atomic E-state index is -4.39. The summed E-state index contributed by atoms with van der Waals surface area (Å²) in [5.74, 6) is -0.576. The van der Waals surface area contributed by atoms with Crippen molar-refractivity contribution in [1.29, 1.82) is 0 Å². The highest BCUT2D eigenvalue weighted by Gasteiger charge is 2.47. The van der Waals surface area contributed by atoms with Crippen LogP contribution >= 0.6 is 0 Å². The molecular weight excluding hydrogens is 529 g/mol. The Bertz CT molecular complexity index is 1100. The number of benzene rings is 2. The number of carbonyl (C=O) groups is 2. The number of hydrogen-bond donors (Lipinski definition) is 0. The second-order valence-corrected chi connectivity index (χ2v) is 9.92. The van der Waals surface area contributed by atoms with E-state index in [4.69, 9.17) is 23.7 Å². The van der Waals surface area contributed by atoms with Gasteiger partial charge in [-0.25, -0.2) is 0 Å². The van der Waals surface area contributed by atoms with Gasteiger partial charge >= 0.3 is 18.1 Å². The number of unbranched alkanes of at least 4 members (excludes halogenated alkanes) is 1. The molecule has 5 unspecified atom stereocenters. The first-order valence-electron chi connectivity index (χ1n) is 13.5. The van der Waals surface area contributed by atoms with Crippen LogP contribution < -0.4 is 4.74 Å². The van der Waals surface area contributed by atoms with E-state index in [2.05, 4.69) is 0 Å². The molecule has 5 atom stereocenters. The molecule has 3 rings (SSSR count). The van der Waals surface area contributed by atoms with Crippen molar-refractivity contribution in [3.63, 3.8) is 0 Å². The molecule has 0 N–H and O–H groups in total. The monoisotopic (exact) mass is 566 g/mol. The predicted molar refractivity (Wildman–Crippen MR) is 140 cm³/mol. The van der Waals surface area contributed by atoms with E-state index in [0.717, 1.165) is 30.5 Å². The lowest BCUT2D eigenvalue weighted by Gasteiger charge is -2.43. The zero-order valence-corrected chi connectivity index (χ0v) is 23.2. The molecule has 220 valence electrons. The molecule has 2 aromatic carbocycles. The summed E-state index contributed by atoms with van der Waals surface area (Å²) < 4.78 is 67.3.